The molecule has 174 valence electrons. The molecule has 1 aliphatic heterocycles. The highest BCUT2D eigenvalue weighted by Gasteiger charge is 2.25. The number of aromatic nitrogens is 1. The highest BCUT2D eigenvalue weighted by Crippen LogP contribution is 2.34. The predicted molar refractivity (Wildman–Crippen MR) is 138 cm³/mol. The maximum absolute atomic E-state index is 12.5. The van der Waals surface area contributed by atoms with Gasteiger partial charge in [0.2, 0.25) is 0 Å². The largest absolute Gasteiger partial charge is 0.353 e. The van der Waals surface area contributed by atoms with E-state index in [4.69, 9.17) is 4.37 Å². The van der Waals surface area contributed by atoms with E-state index in [2.05, 4.69) is 46.2 Å². The molecule has 2 aliphatic rings. The molecule has 0 spiro atoms. The smallest absolute Gasteiger partial charge is 0.150 e. The van der Waals surface area contributed by atoms with Crippen LogP contribution in [0.2, 0.25) is 0 Å². The minimum atomic E-state index is 0.412. The number of piperazine rings is 1. The van der Waals surface area contributed by atoms with Crippen molar-refractivity contribution >= 4 is 33.2 Å². The number of carbonyl (C=O) groups excluding carboxylic acids is 1. The summed E-state index contributed by atoms with van der Waals surface area (Å²) in [6, 6.07) is 18.8. The molecule has 2 heterocycles. The Labute approximate surface area is 201 Å². The molecule has 0 atom stereocenters. The Bertz CT molecular complexity index is 1030. The molecule has 0 unspecified atom stereocenters. The van der Waals surface area contributed by atoms with Crippen LogP contribution in [-0.2, 0) is 11.2 Å². The summed E-state index contributed by atoms with van der Waals surface area (Å²) in [6.45, 7) is 5.63. The molecular weight excluding hydrogens is 426 g/mol. The van der Waals surface area contributed by atoms with Crippen molar-refractivity contribution in [2.24, 2.45) is 11.8 Å². The lowest BCUT2D eigenvalue weighted by Gasteiger charge is -2.36. The Morgan fingerprint density at radius 3 is 2.36 bits per heavy atom. The fourth-order valence-electron chi connectivity index (χ4n) is 5.59. The van der Waals surface area contributed by atoms with Crippen LogP contribution in [0.5, 0.6) is 0 Å². The third-order valence-electron chi connectivity index (χ3n) is 7.61. The molecule has 33 heavy (non-hydrogen) atoms. The molecule has 0 bridgehead atoms. The zero-order valence-corrected chi connectivity index (χ0v) is 20.3. The van der Waals surface area contributed by atoms with Crippen molar-refractivity contribution in [1.29, 1.82) is 0 Å². The Hall–Kier alpha value is -2.24. The summed E-state index contributed by atoms with van der Waals surface area (Å²) in [5.41, 5.74) is 1.15. The number of carbonyl (C=O) groups is 1. The molecule has 0 radical (unpaired) electrons. The Kier molecular flexibility index (Phi) is 7.37. The second kappa shape index (κ2) is 10.8. The number of Topliss-reactive ketones (excluding diaryl/α,β-unsaturated/α-hetero) is 1. The van der Waals surface area contributed by atoms with Gasteiger partial charge in [-0.15, -0.1) is 0 Å². The lowest BCUT2D eigenvalue weighted by molar-refractivity contribution is -0.119. The van der Waals surface area contributed by atoms with Gasteiger partial charge in [-0.2, -0.15) is 4.37 Å². The van der Waals surface area contributed by atoms with Crippen LogP contribution in [0.1, 0.15) is 44.1 Å². The number of hydrogen-bond acceptors (Lipinski definition) is 5. The number of nitrogens with zero attached hydrogens (tertiary/aromatic N) is 3. The molecule has 1 saturated heterocycles. The summed E-state index contributed by atoms with van der Waals surface area (Å²) in [4.78, 5) is 17.6. The summed E-state index contributed by atoms with van der Waals surface area (Å²) in [5, 5.41) is 1.30. The van der Waals surface area contributed by atoms with Crippen molar-refractivity contribution in [3.05, 3.63) is 60.2 Å². The van der Waals surface area contributed by atoms with Crippen LogP contribution in [0.3, 0.4) is 0 Å². The molecule has 1 aliphatic carbocycles. The van der Waals surface area contributed by atoms with Gasteiger partial charge in [0.25, 0.3) is 0 Å². The van der Waals surface area contributed by atoms with E-state index < -0.39 is 0 Å². The Morgan fingerprint density at radius 1 is 0.879 bits per heavy atom. The summed E-state index contributed by atoms with van der Waals surface area (Å²) >= 11 is 1.61. The average molecular weight is 462 g/mol. The van der Waals surface area contributed by atoms with Gasteiger partial charge in [0.05, 0.1) is 4.70 Å². The molecule has 5 heteroatoms. The Morgan fingerprint density at radius 2 is 1.58 bits per heavy atom. The summed E-state index contributed by atoms with van der Waals surface area (Å²) in [6.07, 6.45) is 7.75. The van der Waals surface area contributed by atoms with Crippen LogP contribution < -0.4 is 4.90 Å². The predicted octanol–water partition coefficient (Wildman–Crippen LogP) is 5.82. The highest BCUT2D eigenvalue weighted by atomic mass is 32.1. The number of rotatable bonds is 8. The van der Waals surface area contributed by atoms with Crippen molar-refractivity contribution in [2.45, 2.75) is 44.9 Å². The lowest BCUT2D eigenvalue weighted by Crippen LogP contribution is -2.47. The van der Waals surface area contributed by atoms with E-state index >= 15 is 0 Å². The first-order valence-electron chi connectivity index (χ1n) is 12.6. The van der Waals surface area contributed by atoms with Gasteiger partial charge in [-0.1, -0.05) is 55.3 Å². The summed E-state index contributed by atoms with van der Waals surface area (Å²) in [7, 11) is 0. The van der Waals surface area contributed by atoms with Gasteiger partial charge in [0, 0.05) is 44.4 Å². The molecule has 3 aromatic rings. The molecule has 0 N–H and O–H groups in total. The first kappa shape index (κ1) is 22.5. The zero-order chi connectivity index (χ0) is 22.5. The average Bonchev–Trinajstić information content (AvgIpc) is 3.29. The lowest BCUT2D eigenvalue weighted by atomic mass is 9.78. The van der Waals surface area contributed by atoms with Crippen LogP contribution in [0.4, 0.5) is 5.82 Å². The number of hydrogen-bond donors (Lipinski definition) is 0. The van der Waals surface area contributed by atoms with Gasteiger partial charge < -0.3 is 4.90 Å². The van der Waals surface area contributed by atoms with Crippen LogP contribution in [0.15, 0.2) is 54.6 Å². The molecule has 1 saturated carbocycles. The summed E-state index contributed by atoms with van der Waals surface area (Å²) < 4.78 is 6.02. The van der Waals surface area contributed by atoms with Crippen LogP contribution in [0.25, 0.3) is 10.1 Å². The van der Waals surface area contributed by atoms with E-state index in [0.29, 0.717) is 18.1 Å². The van der Waals surface area contributed by atoms with Crippen LogP contribution >= 0.6 is 11.5 Å². The third kappa shape index (κ3) is 5.82. The quantitative estimate of drug-likeness (QED) is 0.424. The number of benzene rings is 2. The molecule has 2 fully saturated rings. The third-order valence-corrected chi connectivity index (χ3v) is 8.43. The SMILES string of the molecule is O=C(Cc1ccccc1)CC1CCC(CCN2CCN(c3nsc4ccccc34)CC2)CC1. The van der Waals surface area contributed by atoms with Gasteiger partial charge in [0.15, 0.2) is 0 Å². The molecule has 4 nitrogen and oxygen atoms in total. The number of anilines is 1. The van der Waals surface area contributed by atoms with Gasteiger partial charge in [-0.3, -0.25) is 9.69 Å². The van der Waals surface area contributed by atoms with E-state index in [1.165, 1.54) is 54.6 Å². The number of ketones is 1. The molecular formula is C28H35N3OS. The molecule has 1 aromatic heterocycles. The van der Waals surface area contributed by atoms with E-state index in [0.717, 1.165) is 44.1 Å². The maximum atomic E-state index is 12.5. The Balaban J connectivity index is 1.00. The van der Waals surface area contributed by atoms with Gasteiger partial charge in [-0.25, -0.2) is 0 Å². The van der Waals surface area contributed by atoms with Crippen LogP contribution in [-0.4, -0.2) is 47.8 Å². The zero-order valence-electron chi connectivity index (χ0n) is 19.5. The molecule has 0 amide bonds. The highest BCUT2D eigenvalue weighted by molar-refractivity contribution is 7.13. The minimum Gasteiger partial charge on any atom is -0.353 e. The second-order valence-electron chi connectivity index (χ2n) is 9.91. The van der Waals surface area contributed by atoms with E-state index in [-0.39, 0.29) is 0 Å². The van der Waals surface area contributed by atoms with Crippen molar-refractivity contribution in [1.82, 2.24) is 9.27 Å². The molecule has 2 aromatic carbocycles. The van der Waals surface area contributed by atoms with E-state index in [1.807, 2.05) is 18.2 Å². The van der Waals surface area contributed by atoms with Gasteiger partial charge in [0.1, 0.15) is 11.6 Å². The first-order chi connectivity index (χ1) is 16.2. The van der Waals surface area contributed by atoms with Crippen molar-refractivity contribution < 1.29 is 4.79 Å². The van der Waals surface area contributed by atoms with Crippen molar-refractivity contribution in [2.75, 3.05) is 37.6 Å². The van der Waals surface area contributed by atoms with Gasteiger partial charge >= 0.3 is 0 Å². The first-order valence-corrected chi connectivity index (χ1v) is 13.4. The standard InChI is InChI=1S/C28H35N3OS/c32-25(20-23-6-2-1-3-7-23)21-24-12-10-22(11-13-24)14-15-30-16-18-31(19-17-30)28-26-8-4-5-9-27(26)33-29-28/h1-9,22,24H,10-21H2. The number of fused-ring (bicyclic) bond motifs is 1. The maximum Gasteiger partial charge on any atom is 0.150 e. The van der Waals surface area contributed by atoms with Crippen LogP contribution in [0, 0.1) is 11.8 Å². The topological polar surface area (TPSA) is 36.4 Å². The normalized spacial score (nSPS) is 22.0. The fourth-order valence-corrected chi connectivity index (χ4v) is 6.39. The van der Waals surface area contributed by atoms with E-state index in [9.17, 15) is 4.79 Å². The monoisotopic (exact) mass is 461 g/mol. The minimum absolute atomic E-state index is 0.412. The fraction of sp³-hybridized carbons (Fsp3) is 0.500. The summed E-state index contributed by atoms with van der Waals surface area (Å²) in [5.74, 6) is 3.03. The van der Waals surface area contributed by atoms with Crippen molar-refractivity contribution in [3.63, 3.8) is 0 Å². The van der Waals surface area contributed by atoms with E-state index in [1.54, 1.807) is 11.5 Å². The van der Waals surface area contributed by atoms with Gasteiger partial charge in [-0.05, 0) is 66.9 Å². The molecule has 5 rings (SSSR count). The second-order valence-corrected chi connectivity index (χ2v) is 10.7. The van der Waals surface area contributed by atoms with Crippen molar-refractivity contribution in [3.8, 4) is 0 Å².